The predicted octanol–water partition coefficient (Wildman–Crippen LogP) is 0.453. The van der Waals surface area contributed by atoms with Crippen LogP contribution in [0.2, 0.25) is 0 Å². The van der Waals surface area contributed by atoms with Crippen molar-refractivity contribution in [3.8, 4) is 0 Å². The van der Waals surface area contributed by atoms with Crippen LogP contribution in [0.5, 0.6) is 0 Å². The first-order valence-electron chi connectivity index (χ1n) is 0.786. The number of halogens is 2. The monoisotopic (exact) mass is 327 g/mol. The Morgan fingerprint density at radius 2 is 1.00 bits per heavy atom. The zero-order chi connectivity index (χ0) is 5.41. The van der Waals surface area contributed by atoms with Crippen molar-refractivity contribution in [2.45, 2.75) is 0 Å². The Balaban J connectivity index is -0.0000000400. The van der Waals surface area contributed by atoms with Gasteiger partial charge in [-0.05, 0) is 23.6 Å². The number of rotatable bonds is 0. The average Bonchev–Trinajstić information content (AvgIpc) is 1.39. The second-order valence-electron chi connectivity index (χ2n) is 0.154. The fraction of sp³-hybridized carbons (Fsp3) is 0. The van der Waals surface area contributed by atoms with E-state index in [1.807, 2.05) is 0 Å². The van der Waals surface area contributed by atoms with Crippen molar-refractivity contribution in [1.29, 1.82) is 0 Å². The van der Waals surface area contributed by atoms with Crippen molar-refractivity contribution >= 4 is 23.6 Å². The fourth-order valence-corrected chi connectivity index (χ4v) is 0. The first kappa shape index (κ1) is 15.7. The molecule has 0 fully saturated rings. The minimum absolute atomic E-state index is 0. The molecule has 0 unspecified atom stereocenters. The third kappa shape index (κ3) is 151. The molecule has 0 saturated heterocycles. The van der Waals surface area contributed by atoms with Crippen LogP contribution in [-0.2, 0) is 21.1 Å². The molecule has 0 bridgehead atoms. The van der Waals surface area contributed by atoms with Crippen molar-refractivity contribution in [2.75, 3.05) is 0 Å². The summed E-state index contributed by atoms with van der Waals surface area (Å²) in [6, 6.07) is 0. The Bertz CT molecular complexity index is 15.7. The van der Waals surface area contributed by atoms with Crippen LogP contribution in [0.25, 0.3) is 0 Å². The molecule has 0 radical (unpaired) electrons. The first-order valence-corrected chi connectivity index (χ1v) is 1.54. The van der Waals surface area contributed by atoms with Gasteiger partial charge in [0.05, 0.1) is 0 Å². The maximum Gasteiger partial charge on any atom is 2.00 e. The molecule has 7 heteroatoms. The predicted molar refractivity (Wildman–Crippen MR) is 24.7 cm³/mol. The van der Waals surface area contributed by atoms with Gasteiger partial charge < -0.3 is 20.4 Å². The van der Waals surface area contributed by atoms with Crippen molar-refractivity contribution in [1.82, 2.24) is 10.00 Å². The molecule has 0 spiro atoms. The maximum absolute atomic E-state index is 8.45. The largest absolute Gasteiger partial charge is 2.00 e. The molecular weight excluding hydrogens is 326 g/mol. The Morgan fingerprint density at radius 1 is 1.00 bits per heavy atom. The molecule has 0 saturated carbocycles. The Kier molecular flexibility index (Phi) is 61.6. The van der Waals surface area contributed by atoms with E-state index >= 15 is 0 Å². The zero-order valence-electron chi connectivity index (χ0n) is 2.89. The number of hydrogen-bond donors (Lipinski definition) is 2. The van der Waals surface area contributed by atoms with E-state index in [0.717, 1.165) is 10.00 Å². The molecule has 0 aliphatic carbocycles. The van der Waals surface area contributed by atoms with Crippen LogP contribution < -0.4 is 10.00 Å². The van der Waals surface area contributed by atoms with Gasteiger partial charge in [0, 0.05) is 0 Å². The average molecular weight is 328 g/mol. The maximum atomic E-state index is 8.45. The third-order valence-corrected chi connectivity index (χ3v) is 0. The van der Waals surface area contributed by atoms with Crippen LogP contribution in [0.15, 0.2) is 0 Å². The van der Waals surface area contributed by atoms with Gasteiger partial charge in [-0.25, -0.2) is 0 Å². The Morgan fingerprint density at radius 3 is 1.00 bits per heavy atom. The summed E-state index contributed by atoms with van der Waals surface area (Å²) in [4.78, 5) is 1.94. The topological polar surface area (TPSA) is 70.2 Å². The third-order valence-electron chi connectivity index (χ3n) is 0. The Labute approximate surface area is 65.2 Å². The summed E-state index contributed by atoms with van der Waals surface area (Å²) in [6.45, 7) is 0. The summed E-state index contributed by atoms with van der Waals surface area (Å²) in [5.74, 6) is 0. The van der Waals surface area contributed by atoms with Gasteiger partial charge in [-0.1, -0.05) is 0 Å². The van der Waals surface area contributed by atoms with E-state index in [0.29, 0.717) is 0 Å². The Hall–Kier alpha value is 1.11. The van der Waals surface area contributed by atoms with Crippen LogP contribution in [0.4, 0.5) is 0 Å². The van der Waals surface area contributed by atoms with E-state index in [4.69, 9.17) is 10.4 Å². The van der Waals surface area contributed by atoms with E-state index in [1.165, 1.54) is 0 Å². The minimum Gasteiger partial charge on any atom is -0.774 e. The van der Waals surface area contributed by atoms with Gasteiger partial charge in [0.25, 0.3) is 0 Å². The van der Waals surface area contributed by atoms with Gasteiger partial charge in [-0.3, -0.25) is 0 Å². The van der Waals surface area contributed by atoms with E-state index < -0.39 is 0 Å². The molecule has 0 amide bonds. The van der Waals surface area contributed by atoms with Gasteiger partial charge in [0.2, 0.25) is 0 Å². The first-order chi connectivity index (χ1) is 2.83. The van der Waals surface area contributed by atoms with Crippen LogP contribution >= 0.6 is 23.6 Å². The quantitative estimate of drug-likeness (QED) is 0.501. The molecule has 0 aromatic carbocycles. The van der Waals surface area contributed by atoms with Crippen molar-refractivity contribution in [3.63, 3.8) is 0 Å². The normalized spacial score (nSPS) is 5.14. The van der Waals surface area contributed by atoms with Gasteiger partial charge >= 0.3 is 21.1 Å². The van der Waals surface area contributed by atoms with Crippen molar-refractivity contribution in [3.05, 3.63) is 10.4 Å². The number of hydrogen-bond acceptors (Lipinski definition) is 4. The molecule has 0 aliphatic rings. The van der Waals surface area contributed by atoms with Gasteiger partial charge in [0.15, 0.2) is 0 Å². The molecule has 7 heavy (non-hydrogen) atoms. The van der Waals surface area contributed by atoms with E-state index in [-0.39, 0.29) is 21.1 Å². The molecule has 0 aromatic heterocycles. The summed E-state index contributed by atoms with van der Waals surface area (Å²) >= 11 is 8.39. The second kappa shape index (κ2) is 27.5. The molecular formula is H2Cl2N2O2Pt. The fourth-order valence-electron chi connectivity index (χ4n) is 0. The van der Waals surface area contributed by atoms with E-state index in [9.17, 15) is 0 Å². The molecule has 4 nitrogen and oxygen atoms in total. The standard InChI is InChI=1S/2ClHNO.Pt/c2*1-2-3;/h2*2H;/q2*-1;+2. The summed E-state index contributed by atoms with van der Waals surface area (Å²) in [6.07, 6.45) is 0. The molecule has 0 heterocycles. The smallest absolute Gasteiger partial charge is 0.774 e. The van der Waals surface area contributed by atoms with Crippen molar-refractivity contribution in [2.24, 2.45) is 0 Å². The zero-order valence-corrected chi connectivity index (χ0v) is 6.67. The van der Waals surface area contributed by atoms with Gasteiger partial charge in [0.1, 0.15) is 0 Å². The number of nitrogens with one attached hydrogen (secondary N) is 2. The molecule has 0 rings (SSSR count). The summed E-state index contributed by atoms with van der Waals surface area (Å²) < 4.78 is 0. The van der Waals surface area contributed by atoms with Gasteiger partial charge in [-0.2, -0.15) is 0 Å². The van der Waals surface area contributed by atoms with Crippen LogP contribution in [0.1, 0.15) is 0 Å². The minimum atomic E-state index is 0. The van der Waals surface area contributed by atoms with Crippen molar-refractivity contribution < 1.29 is 21.1 Å². The van der Waals surface area contributed by atoms with Crippen LogP contribution in [0, 0.1) is 10.4 Å². The molecule has 48 valence electrons. The molecule has 2 N–H and O–H groups in total. The molecule has 0 atom stereocenters. The van der Waals surface area contributed by atoms with Crippen LogP contribution in [-0.4, -0.2) is 0 Å². The van der Waals surface area contributed by atoms with E-state index in [2.05, 4.69) is 23.6 Å². The van der Waals surface area contributed by atoms with Crippen LogP contribution in [0.3, 0.4) is 0 Å². The summed E-state index contributed by atoms with van der Waals surface area (Å²) in [5, 5.41) is 16.9. The second-order valence-corrected chi connectivity index (χ2v) is 0.463. The molecule has 0 aromatic rings. The summed E-state index contributed by atoms with van der Waals surface area (Å²) in [7, 11) is 0. The summed E-state index contributed by atoms with van der Waals surface area (Å²) in [5.41, 5.74) is 0. The molecule has 0 aliphatic heterocycles. The van der Waals surface area contributed by atoms with Gasteiger partial charge in [-0.15, -0.1) is 0 Å². The SMILES string of the molecule is [O-]NCl.[O-]NCl.[Pt+2]. The van der Waals surface area contributed by atoms with E-state index in [1.54, 1.807) is 0 Å².